The number of rotatable bonds is 4. The van der Waals surface area contributed by atoms with E-state index in [9.17, 15) is 0 Å². The van der Waals surface area contributed by atoms with Crippen LogP contribution in [-0.4, -0.2) is 51.1 Å². The minimum Gasteiger partial charge on any atom is -0.461 e. The molecule has 0 aliphatic carbocycles. The first-order chi connectivity index (χ1) is 10.1. The van der Waals surface area contributed by atoms with E-state index in [4.69, 9.17) is 10.5 Å². The van der Waals surface area contributed by atoms with E-state index in [-0.39, 0.29) is 12.1 Å². The van der Waals surface area contributed by atoms with Gasteiger partial charge < -0.3 is 15.8 Å². The molecule has 116 valence electrons. The van der Waals surface area contributed by atoms with Gasteiger partial charge in [0, 0.05) is 18.6 Å². The van der Waals surface area contributed by atoms with Crippen LogP contribution in [0, 0.1) is 0 Å². The van der Waals surface area contributed by atoms with Gasteiger partial charge in [0.25, 0.3) is 0 Å². The minimum atomic E-state index is 0.0139. The largest absolute Gasteiger partial charge is 0.461 e. The maximum absolute atomic E-state index is 5.75. The second kappa shape index (κ2) is 6.01. The number of nitrogens with zero attached hydrogens (tertiary/aromatic N) is 4. The molecule has 2 unspecified atom stereocenters. The van der Waals surface area contributed by atoms with Crippen LogP contribution >= 0.6 is 0 Å². The molecular weight excluding hydrogens is 268 g/mol. The molecule has 2 aliphatic heterocycles. The number of nitrogen functional groups attached to an aromatic ring is 1. The van der Waals surface area contributed by atoms with Crippen molar-refractivity contribution in [2.45, 2.75) is 57.7 Å². The number of anilines is 2. The normalized spacial score (nSPS) is 25.9. The quantitative estimate of drug-likeness (QED) is 0.864. The molecule has 7 heteroatoms. The number of nitrogens with two attached hydrogens (primary N) is 1. The van der Waals surface area contributed by atoms with Crippen LogP contribution in [0.1, 0.15) is 39.5 Å². The summed E-state index contributed by atoms with van der Waals surface area (Å²) in [6, 6.07) is 1.27. The van der Waals surface area contributed by atoms with Gasteiger partial charge in [0.1, 0.15) is 0 Å². The highest BCUT2D eigenvalue weighted by molar-refractivity contribution is 5.34. The fourth-order valence-electron chi connectivity index (χ4n) is 3.28. The van der Waals surface area contributed by atoms with Gasteiger partial charge in [-0.05, 0) is 39.7 Å². The zero-order valence-corrected chi connectivity index (χ0v) is 12.7. The maximum atomic E-state index is 5.75. The summed E-state index contributed by atoms with van der Waals surface area (Å²) < 4.78 is 5.51. The van der Waals surface area contributed by atoms with Crippen molar-refractivity contribution in [3.05, 3.63) is 0 Å². The number of ether oxygens (including phenoxy) is 1. The van der Waals surface area contributed by atoms with Crippen LogP contribution in [0.15, 0.2) is 0 Å². The average molecular weight is 292 g/mol. The SMILES string of the molecule is CC(C)Oc1nc(N)nc(NC2CCN3CCCCC23)n1. The molecule has 3 heterocycles. The number of nitrogens with one attached hydrogen (secondary N) is 1. The van der Waals surface area contributed by atoms with Crippen molar-refractivity contribution in [3.63, 3.8) is 0 Å². The van der Waals surface area contributed by atoms with Crippen molar-refractivity contribution in [1.82, 2.24) is 19.9 Å². The van der Waals surface area contributed by atoms with Crippen molar-refractivity contribution < 1.29 is 4.74 Å². The molecule has 0 bridgehead atoms. The summed E-state index contributed by atoms with van der Waals surface area (Å²) in [7, 11) is 0. The summed E-state index contributed by atoms with van der Waals surface area (Å²) >= 11 is 0. The topological polar surface area (TPSA) is 89.2 Å². The first-order valence-corrected chi connectivity index (χ1v) is 7.80. The Labute approximate surface area is 125 Å². The maximum Gasteiger partial charge on any atom is 0.323 e. The third-order valence-corrected chi connectivity index (χ3v) is 4.14. The van der Waals surface area contributed by atoms with E-state index < -0.39 is 0 Å². The molecule has 1 aromatic heterocycles. The van der Waals surface area contributed by atoms with Crippen LogP contribution in [0.5, 0.6) is 6.01 Å². The van der Waals surface area contributed by atoms with Crippen LogP contribution in [-0.2, 0) is 0 Å². The van der Waals surface area contributed by atoms with Crippen molar-refractivity contribution in [2.75, 3.05) is 24.1 Å². The molecular formula is C14H24N6O. The van der Waals surface area contributed by atoms with Crippen LogP contribution in [0.4, 0.5) is 11.9 Å². The molecule has 3 N–H and O–H groups in total. The zero-order valence-electron chi connectivity index (χ0n) is 12.7. The number of hydrogen-bond donors (Lipinski definition) is 2. The van der Waals surface area contributed by atoms with E-state index in [1.165, 1.54) is 25.8 Å². The molecule has 3 rings (SSSR count). The monoisotopic (exact) mass is 292 g/mol. The summed E-state index contributed by atoms with van der Waals surface area (Å²) in [4.78, 5) is 15.1. The van der Waals surface area contributed by atoms with Gasteiger partial charge in [0.15, 0.2) is 0 Å². The average Bonchev–Trinajstić information content (AvgIpc) is 2.81. The minimum absolute atomic E-state index is 0.0139. The van der Waals surface area contributed by atoms with E-state index in [1.807, 2.05) is 13.8 Å². The Morgan fingerprint density at radius 2 is 2.05 bits per heavy atom. The summed E-state index contributed by atoms with van der Waals surface area (Å²) in [5, 5.41) is 3.43. The van der Waals surface area contributed by atoms with Crippen LogP contribution in [0.25, 0.3) is 0 Å². The Hall–Kier alpha value is -1.63. The highest BCUT2D eigenvalue weighted by Gasteiger charge is 2.35. The number of fused-ring (bicyclic) bond motifs is 1. The summed E-state index contributed by atoms with van der Waals surface area (Å²) in [5.74, 6) is 0.720. The lowest BCUT2D eigenvalue weighted by atomic mass is 9.99. The Morgan fingerprint density at radius 1 is 1.19 bits per heavy atom. The standard InChI is InChI=1S/C14H24N6O/c1-9(2)21-14-18-12(15)17-13(19-14)16-10-6-8-20-7-4-3-5-11(10)20/h9-11H,3-8H2,1-2H3,(H3,15,16,17,18,19). The van der Waals surface area contributed by atoms with E-state index in [0.29, 0.717) is 24.0 Å². The number of hydrogen-bond acceptors (Lipinski definition) is 7. The lowest BCUT2D eigenvalue weighted by Crippen LogP contribution is -2.42. The smallest absolute Gasteiger partial charge is 0.323 e. The van der Waals surface area contributed by atoms with Crippen molar-refractivity contribution in [3.8, 4) is 6.01 Å². The molecule has 0 radical (unpaired) electrons. The second-order valence-electron chi connectivity index (χ2n) is 6.11. The third kappa shape index (κ3) is 3.34. The third-order valence-electron chi connectivity index (χ3n) is 4.14. The molecule has 0 aromatic carbocycles. The van der Waals surface area contributed by atoms with Gasteiger partial charge in [-0.2, -0.15) is 15.0 Å². The fraction of sp³-hybridized carbons (Fsp3) is 0.786. The summed E-state index contributed by atoms with van der Waals surface area (Å²) in [6.45, 7) is 6.23. The van der Waals surface area contributed by atoms with Crippen LogP contribution in [0.2, 0.25) is 0 Å². The Morgan fingerprint density at radius 3 is 2.86 bits per heavy atom. The molecule has 0 spiro atoms. The van der Waals surface area contributed by atoms with Crippen molar-refractivity contribution in [2.24, 2.45) is 0 Å². The number of piperidine rings is 1. The molecule has 2 fully saturated rings. The first-order valence-electron chi connectivity index (χ1n) is 7.80. The van der Waals surface area contributed by atoms with Crippen molar-refractivity contribution in [1.29, 1.82) is 0 Å². The molecule has 7 nitrogen and oxygen atoms in total. The molecule has 0 amide bonds. The van der Waals surface area contributed by atoms with Gasteiger partial charge >= 0.3 is 6.01 Å². The van der Waals surface area contributed by atoms with Gasteiger partial charge in [-0.25, -0.2) is 0 Å². The molecule has 2 saturated heterocycles. The summed E-state index contributed by atoms with van der Waals surface area (Å²) in [6.07, 6.45) is 5.00. The highest BCUT2D eigenvalue weighted by Crippen LogP contribution is 2.29. The van der Waals surface area contributed by atoms with Gasteiger partial charge in [-0.3, -0.25) is 4.90 Å². The number of aromatic nitrogens is 3. The van der Waals surface area contributed by atoms with Gasteiger partial charge in [0.2, 0.25) is 11.9 Å². The summed E-state index contributed by atoms with van der Waals surface area (Å²) in [5.41, 5.74) is 5.75. The van der Waals surface area contributed by atoms with Gasteiger partial charge in [-0.15, -0.1) is 0 Å². The molecule has 2 aliphatic rings. The molecule has 21 heavy (non-hydrogen) atoms. The van der Waals surface area contributed by atoms with Gasteiger partial charge in [0.05, 0.1) is 6.10 Å². The van der Waals surface area contributed by atoms with Crippen LogP contribution < -0.4 is 15.8 Å². The molecule has 0 saturated carbocycles. The molecule has 1 aromatic rings. The Bertz CT molecular complexity index is 494. The first kappa shape index (κ1) is 14.3. The van der Waals surface area contributed by atoms with E-state index in [1.54, 1.807) is 0 Å². The van der Waals surface area contributed by atoms with Crippen LogP contribution in [0.3, 0.4) is 0 Å². The predicted molar refractivity (Wildman–Crippen MR) is 81.2 cm³/mol. The van der Waals surface area contributed by atoms with E-state index >= 15 is 0 Å². The second-order valence-corrected chi connectivity index (χ2v) is 6.11. The fourth-order valence-corrected chi connectivity index (χ4v) is 3.28. The van der Waals surface area contributed by atoms with Gasteiger partial charge in [-0.1, -0.05) is 6.42 Å². The van der Waals surface area contributed by atoms with Crippen molar-refractivity contribution >= 4 is 11.9 Å². The predicted octanol–water partition coefficient (Wildman–Crippen LogP) is 1.28. The Kier molecular flexibility index (Phi) is 4.10. The zero-order chi connectivity index (χ0) is 14.8. The lowest BCUT2D eigenvalue weighted by Gasteiger charge is -2.32. The van der Waals surface area contributed by atoms with E-state index in [0.717, 1.165) is 13.0 Å². The van der Waals surface area contributed by atoms with E-state index in [2.05, 4.69) is 25.2 Å². The molecule has 2 atom stereocenters. The lowest BCUT2D eigenvalue weighted by molar-refractivity contribution is 0.192. The Balaban J connectivity index is 1.71. The highest BCUT2D eigenvalue weighted by atomic mass is 16.5.